The Labute approximate surface area is 150 Å². The molecule has 1 saturated heterocycles. The van der Waals surface area contributed by atoms with Gasteiger partial charge < -0.3 is 19.6 Å². The zero-order valence-corrected chi connectivity index (χ0v) is 14.1. The van der Waals surface area contributed by atoms with Gasteiger partial charge in [0, 0.05) is 19.8 Å². The van der Waals surface area contributed by atoms with Gasteiger partial charge in [-0.05, 0) is 43.0 Å². The highest BCUT2D eigenvalue weighted by molar-refractivity contribution is 5.92. The van der Waals surface area contributed by atoms with Gasteiger partial charge in [0.1, 0.15) is 11.6 Å². The van der Waals surface area contributed by atoms with Crippen LogP contribution in [0.4, 0.5) is 4.39 Å². The van der Waals surface area contributed by atoms with Crippen LogP contribution in [0.25, 0.3) is 11.3 Å². The summed E-state index contributed by atoms with van der Waals surface area (Å²) >= 11 is 0. The normalized spacial score (nSPS) is 16.2. The molecule has 1 atom stereocenters. The predicted molar refractivity (Wildman–Crippen MR) is 91.1 cm³/mol. The smallest absolute Gasteiger partial charge is 0.308 e. The average Bonchev–Trinajstić information content (AvgIpc) is 3.13. The largest absolute Gasteiger partial charge is 0.481 e. The van der Waals surface area contributed by atoms with Crippen molar-refractivity contribution in [3.8, 4) is 11.3 Å². The first-order valence-corrected chi connectivity index (χ1v) is 8.49. The molecule has 0 saturated carbocycles. The number of carboxylic acids is 1. The molecule has 2 heterocycles. The summed E-state index contributed by atoms with van der Waals surface area (Å²) in [5, 5.41) is 12.0. The topological polar surface area (TPSA) is 88.8 Å². The van der Waals surface area contributed by atoms with E-state index in [9.17, 15) is 19.1 Å². The number of halogens is 1. The third-order valence-corrected chi connectivity index (χ3v) is 4.60. The number of nitrogens with one attached hydrogen (secondary N) is 1. The molecule has 1 aliphatic rings. The van der Waals surface area contributed by atoms with Crippen molar-refractivity contribution in [1.82, 2.24) is 5.32 Å². The Morgan fingerprint density at radius 3 is 2.62 bits per heavy atom. The Balaban J connectivity index is 1.64. The first-order chi connectivity index (χ1) is 12.6. The minimum absolute atomic E-state index is 0.00850. The summed E-state index contributed by atoms with van der Waals surface area (Å²) < 4.78 is 24.5. The van der Waals surface area contributed by atoms with Crippen LogP contribution in [0, 0.1) is 17.7 Å². The standard InChI is InChI=1S/C19H20FNO5/c20-15-4-2-1-3-13(15)16-5-6-17(26-16)18(22)21-11-14(19(23)24)12-7-9-25-10-8-12/h1-6,12,14H,7-11H2,(H,21,22)(H,23,24). The summed E-state index contributed by atoms with van der Waals surface area (Å²) in [6, 6.07) is 9.07. The third kappa shape index (κ3) is 4.11. The van der Waals surface area contributed by atoms with Crippen LogP contribution in [0.1, 0.15) is 23.4 Å². The van der Waals surface area contributed by atoms with Crippen LogP contribution in [0.3, 0.4) is 0 Å². The maximum atomic E-state index is 13.8. The van der Waals surface area contributed by atoms with E-state index in [0.29, 0.717) is 26.1 Å². The molecule has 0 aliphatic carbocycles. The van der Waals surface area contributed by atoms with Gasteiger partial charge in [-0.2, -0.15) is 0 Å². The summed E-state index contributed by atoms with van der Waals surface area (Å²) in [4.78, 5) is 23.8. The van der Waals surface area contributed by atoms with E-state index in [-0.39, 0.29) is 29.5 Å². The molecule has 1 fully saturated rings. The fraction of sp³-hybridized carbons (Fsp3) is 0.368. The van der Waals surface area contributed by atoms with Crippen molar-refractivity contribution in [2.75, 3.05) is 19.8 Å². The van der Waals surface area contributed by atoms with Gasteiger partial charge >= 0.3 is 5.97 Å². The summed E-state index contributed by atoms with van der Waals surface area (Å²) in [5.74, 6) is -2.36. The van der Waals surface area contributed by atoms with E-state index in [1.165, 1.54) is 18.2 Å². The second kappa shape index (κ2) is 8.14. The number of ether oxygens (including phenoxy) is 1. The van der Waals surface area contributed by atoms with Gasteiger partial charge in [-0.3, -0.25) is 9.59 Å². The lowest BCUT2D eigenvalue weighted by Crippen LogP contribution is -2.38. The van der Waals surface area contributed by atoms with Gasteiger partial charge in [-0.15, -0.1) is 0 Å². The molecule has 1 amide bonds. The number of amides is 1. The van der Waals surface area contributed by atoms with Gasteiger partial charge in [0.05, 0.1) is 11.5 Å². The molecule has 3 rings (SSSR count). The molecule has 26 heavy (non-hydrogen) atoms. The van der Waals surface area contributed by atoms with Crippen molar-refractivity contribution < 1.29 is 28.2 Å². The van der Waals surface area contributed by atoms with Crippen molar-refractivity contribution in [2.45, 2.75) is 12.8 Å². The van der Waals surface area contributed by atoms with Crippen LogP contribution in [0.5, 0.6) is 0 Å². The number of carbonyl (C=O) groups excluding carboxylic acids is 1. The third-order valence-electron chi connectivity index (χ3n) is 4.60. The van der Waals surface area contributed by atoms with Gasteiger partial charge in [0.25, 0.3) is 5.91 Å². The second-order valence-electron chi connectivity index (χ2n) is 6.25. The molecular weight excluding hydrogens is 341 g/mol. The first kappa shape index (κ1) is 18.1. The number of hydrogen-bond donors (Lipinski definition) is 2. The summed E-state index contributed by atoms with van der Waals surface area (Å²) in [6.45, 7) is 1.08. The van der Waals surface area contributed by atoms with Crippen molar-refractivity contribution in [3.63, 3.8) is 0 Å². The minimum Gasteiger partial charge on any atom is -0.481 e. The number of carboxylic acid groups (broad SMARTS) is 1. The van der Waals surface area contributed by atoms with Crippen LogP contribution in [0.15, 0.2) is 40.8 Å². The molecule has 0 spiro atoms. The number of rotatable bonds is 6. The molecule has 6 nitrogen and oxygen atoms in total. The van der Waals surface area contributed by atoms with Gasteiger partial charge in [0.15, 0.2) is 5.76 Å². The van der Waals surface area contributed by atoms with Gasteiger partial charge in [-0.1, -0.05) is 12.1 Å². The molecule has 7 heteroatoms. The Morgan fingerprint density at radius 1 is 1.19 bits per heavy atom. The molecule has 0 bridgehead atoms. The van der Waals surface area contributed by atoms with E-state index >= 15 is 0 Å². The first-order valence-electron chi connectivity index (χ1n) is 8.49. The Morgan fingerprint density at radius 2 is 1.92 bits per heavy atom. The Kier molecular flexibility index (Phi) is 5.68. The average molecular weight is 361 g/mol. The predicted octanol–water partition coefficient (Wildman–Crippen LogP) is 2.94. The van der Waals surface area contributed by atoms with Crippen LogP contribution < -0.4 is 5.32 Å². The summed E-state index contributed by atoms with van der Waals surface area (Å²) in [5.41, 5.74) is 0.261. The highest BCUT2D eigenvalue weighted by atomic mass is 19.1. The van der Waals surface area contributed by atoms with Crippen LogP contribution in [-0.4, -0.2) is 36.7 Å². The maximum absolute atomic E-state index is 13.8. The molecule has 138 valence electrons. The van der Waals surface area contributed by atoms with Crippen molar-refractivity contribution >= 4 is 11.9 Å². The lowest BCUT2D eigenvalue weighted by molar-refractivity contribution is -0.144. The monoisotopic (exact) mass is 361 g/mol. The SMILES string of the molecule is O=C(NCC(C(=O)O)C1CCOCC1)c1ccc(-c2ccccc2F)o1. The zero-order valence-electron chi connectivity index (χ0n) is 14.1. The highest BCUT2D eigenvalue weighted by Crippen LogP contribution is 2.26. The molecule has 2 N–H and O–H groups in total. The van der Waals surface area contributed by atoms with Crippen molar-refractivity contribution in [2.24, 2.45) is 11.8 Å². The van der Waals surface area contributed by atoms with E-state index in [4.69, 9.17) is 9.15 Å². The number of benzene rings is 1. The lowest BCUT2D eigenvalue weighted by atomic mass is 9.86. The number of furan rings is 1. The molecule has 1 aromatic heterocycles. The van der Waals surface area contributed by atoms with Crippen molar-refractivity contribution in [1.29, 1.82) is 0 Å². The van der Waals surface area contributed by atoms with E-state index in [1.54, 1.807) is 18.2 Å². The lowest BCUT2D eigenvalue weighted by Gasteiger charge is -2.27. The zero-order chi connectivity index (χ0) is 18.5. The van der Waals surface area contributed by atoms with E-state index in [1.807, 2.05) is 0 Å². The van der Waals surface area contributed by atoms with E-state index in [2.05, 4.69) is 5.32 Å². The fourth-order valence-electron chi connectivity index (χ4n) is 3.13. The Bertz CT molecular complexity index is 782. The molecule has 1 unspecified atom stereocenters. The van der Waals surface area contributed by atoms with Crippen LogP contribution >= 0.6 is 0 Å². The quantitative estimate of drug-likeness (QED) is 0.826. The fourth-order valence-corrected chi connectivity index (χ4v) is 3.13. The second-order valence-corrected chi connectivity index (χ2v) is 6.25. The molecule has 0 radical (unpaired) electrons. The van der Waals surface area contributed by atoms with Crippen LogP contribution in [0.2, 0.25) is 0 Å². The minimum atomic E-state index is -0.941. The van der Waals surface area contributed by atoms with Gasteiger partial charge in [-0.25, -0.2) is 4.39 Å². The van der Waals surface area contributed by atoms with Crippen molar-refractivity contribution in [3.05, 3.63) is 48.0 Å². The highest BCUT2D eigenvalue weighted by Gasteiger charge is 2.30. The number of hydrogen-bond acceptors (Lipinski definition) is 4. The molecule has 1 aliphatic heterocycles. The Hall–Kier alpha value is -2.67. The number of carbonyl (C=O) groups is 2. The maximum Gasteiger partial charge on any atom is 0.308 e. The molecule has 1 aromatic carbocycles. The summed E-state index contributed by atoms with van der Waals surface area (Å²) in [6.07, 6.45) is 1.32. The van der Waals surface area contributed by atoms with E-state index in [0.717, 1.165) is 0 Å². The van der Waals surface area contributed by atoms with Gasteiger partial charge in [0.2, 0.25) is 0 Å². The molecular formula is C19H20FNO5. The molecule has 2 aromatic rings. The number of aliphatic carboxylic acids is 1. The van der Waals surface area contributed by atoms with E-state index < -0.39 is 23.6 Å². The van der Waals surface area contributed by atoms with Crippen LogP contribution in [-0.2, 0) is 9.53 Å². The summed E-state index contributed by atoms with van der Waals surface area (Å²) in [7, 11) is 0.